The Bertz CT molecular complexity index is 535. The fraction of sp³-hybridized carbons (Fsp3) is 0.385. The monoisotopic (exact) mass is 277 g/mol. The van der Waals surface area contributed by atoms with E-state index in [9.17, 15) is 5.11 Å². The van der Waals surface area contributed by atoms with Crippen LogP contribution in [0.5, 0.6) is 5.75 Å². The minimum Gasteiger partial charge on any atom is -0.508 e. The van der Waals surface area contributed by atoms with Crippen LogP contribution in [0, 0.1) is 0 Å². The van der Waals surface area contributed by atoms with Gasteiger partial charge < -0.3 is 14.9 Å². The molecule has 0 amide bonds. The lowest BCUT2D eigenvalue weighted by Crippen LogP contribution is -2.38. The van der Waals surface area contributed by atoms with Crippen LogP contribution in [0.25, 0.3) is 11.4 Å². The van der Waals surface area contributed by atoms with Gasteiger partial charge in [-0.3, -0.25) is 0 Å². The van der Waals surface area contributed by atoms with Gasteiger partial charge in [0, 0.05) is 36.1 Å². The van der Waals surface area contributed by atoms with E-state index in [0.717, 1.165) is 24.3 Å². The minimum absolute atomic E-state index is 0.232. The Labute approximate surface area is 115 Å². The van der Waals surface area contributed by atoms with Crippen LogP contribution in [0.4, 0.5) is 0 Å². The summed E-state index contributed by atoms with van der Waals surface area (Å²) in [6.45, 7) is 1.04. The number of aromatic nitrogens is 2. The van der Waals surface area contributed by atoms with Gasteiger partial charge in [0.25, 0.3) is 0 Å². The lowest BCUT2D eigenvalue weighted by Gasteiger charge is -2.21. The largest absolute Gasteiger partial charge is 0.508 e. The second kappa shape index (κ2) is 5.63. The topological polar surface area (TPSA) is 71.2 Å². The molecule has 1 aromatic carbocycles. The summed E-state index contributed by atoms with van der Waals surface area (Å²) in [6.07, 6.45) is 0.762. The molecule has 1 atom stereocenters. The van der Waals surface area contributed by atoms with E-state index < -0.39 is 0 Å². The van der Waals surface area contributed by atoms with E-state index in [4.69, 9.17) is 4.52 Å². The van der Waals surface area contributed by atoms with Crippen molar-refractivity contribution < 1.29 is 9.63 Å². The van der Waals surface area contributed by atoms with Gasteiger partial charge in [0.15, 0.2) is 0 Å². The zero-order valence-corrected chi connectivity index (χ0v) is 11.2. The molecule has 2 aromatic rings. The molecule has 1 aliphatic rings. The van der Waals surface area contributed by atoms with Gasteiger partial charge in [0.05, 0.1) is 0 Å². The van der Waals surface area contributed by atoms with E-state index in [0.29, 0.717) is 17.8 Å². The maximum Gasteiger partial charge on any atom is 0.228 e. The van der Waals surface area contributed by atoms with E-state index in [2.05, 4.69) is 15.5 Å². The van der Waals surface area contributed by atoms with Crippen molar-refractivity contribution in [1.82, 2.24) is 15.5 Å². The van der Waals surface area contributed by atoms with Crippen molar-refractivity contribution in [3.05, 3.63) is 30.2 Å². The molecule has 19 heavy (non-hydrogen) atoms. The van der Waals surface area contributed by atoms with Crippen LogP contribution in [-0.2, 0) is 6.42 Å². The number of aromatic hydroxyl groups is 1. The number of thioether (sulfide) groups is 1. The first-order valence-electron chi connectivity index (χ1n) is 6.24. The maximum absolute atomic E-state index is 9.25. The molecule has 1 aliphatic heterocycles. The zero-order chi connectivity index (χ0) is 13.1. The minimum atomic E-state index is 0.232. The summed E-state index contributed by atoms with van der Waals surface area (Å²) in [5.41, 5.74) is 0.846. The van der Waals surface area contributed by atoms with Crippen molar-refractivity contribution >= 4 is 11.8 Å². The number of phenols is 1. The van der Waals surface area contributed by atoms with Gasteiger partial charge in [0.1, 0.15) is 5.75 Å². The number of benzene rings is 1. The second-order valence-electron chi connectivity index (χ2n) is 4.49. The van der Waals surface area contributed by atoms with Gasteiger partial charge in [-0.2, -0.15) is 16.7 Å². The highest BCUT2D eigenvalue weighted by Crippen LogP contribution is 2.20. The average molecular weight is 277 g/mol. The van der Waals surface area contributed by atoms with Gasteiger partial charge in [-0.05, 0) is 24.3 Å². The first-order valence-corrected chi connectivity index (χ1v) is 7.40. The fourth-order valence-electron chi connectivity index (χ4n) is 2.03. The second-order valence-corrected chi connectivity index (χ2v) is 5.64. The molecule has 0 radical (unpaired) electrons. The molecule has 5 nitrogen and oxygen atoms in total. The van der Waals surface area contributed by atoms with E-state index in [1.165, 1.54) is 5.75 Å². The maximum atomic E-state index is 9.25. The standard InChI is InChI=1S/C13H15N3O2S/c17-11-3-1-9(2-4-11)13-15-12(18-16-13)7-10-8-19-6-5-14-10/h1-4,10,14,17H,5-8H2. The van der Waals surface area contributed by atoms with Crippen molar-refractivity contribution in [2.75, 3.05) is 18.1 Å². The van der Waals surface area contributed by atoms with Gasteiger partial charge in [-0.25, -0.2) is 0 Å². The van der Waals surface area contributed by atoms with Crippen LogP contribution in [0.1, 0.15) is 5.89 Å². The van der Waals surface area contributed by atoms with E-state index in [1.54, 1.807) is 24.3 Å². The lowest BCUT2D eigenvalue weighted by molar-refractivity contribution is 0.363. The van der Waals surface area contributed by atoms with Crippen molar-refractivity contribution in [1.29, 1.82) is 0 Å². The highest BCUT2D eigenvalue weighted by atomic mass is 32.2. The van der Waals surface area contributed by atoms with Crippen LogP contribution in [0.3, 0.4) is 0 Å². The third-order valence-electron chi connectivity index (χ3n) is 3.01. The number of hydrogen-bond acceptors (Lipinski definition) is 6. The molecule has 1 saturated heterocycles. The zero-order valence-electron chi connectivity index (χ0n) is 10.4. The summed E-state index contributed by atoms with van der Waals surface area (Å²) in [6, 6.07) is 7.19. The van der Waals surface area contributed by atoms with E-state index in [-0.39, 0.29) is 5.75 Å². The Balaban J connectivity index is 1.70. The molecule has 6 heteroatoms. The van der Waals surface area contributed by atoms with Gasteiger partial charge in [-0.15, -0.1) is 0 Å². The van der Waals surface area contributed by atoms with Crippen molar-refractivity contribution in [2.45, 2.75) is 12.5 Å². The highest BCUT2D eigenvalue weighted by molar-refractivity contribution is 7.99. The van der Waals surface area contributed by atoms with Crippen LogP contribution in [-0.4, -0.2) is 39.3 Å². The van der Waals surface area contributed by atoms with E-state index >= 15 is 0 Å². The van der Waals surface area contributed by atoms with Crippen LogP contribution >= 0.6 is 11.8 Å². The predicted molar refractivity (Wildman–Crippen MR) is 74.2 cm³/mol. The Morgan fingerprint density at radius 1 is 1.37 bits per heavy atom. The van der Waals surface area contributed by atoms with Crippen LogP contribution < -0.4 is 5.32 Å². The molecule has 0 bridgehead atoms. The quantitative estimate of drug-likeness (QED) is 0.889. The van der Waals surface area contributed by atoms with Gasteiger partial charge in [0.2, 0.25) is 11.7 Å². The Kier molecular flexibility index (Phi) is 3.70. The normalized spacial score (nSPS) is 19.5. The SMILES string of the molecule is Oc1ccc(-c2noc(CC3CSCCN3)n2)cc1. The number of hydrogen-bond donors (Lipinski definition) is 2. The molecule has 2 N–H and O–H groups in total. The Morgan fingerprint density at radius 2 is 2.21 bits per heavy atom. The van der Waals surface area contributed by atoms with Crippen molar-refractivity contribution in [2.24, 2.45) is 0 Å². The third kappa shape index (κ3) is 3.08. The molecule has 0 aliphatic carbocycles. The Morgan fingerprint density at radius 3 is 2.95 bits per heavy atom. The summed E-state index contributed by atoms with van der Waals surface area (Å²) in [4.78, 5) is 4.40. The molecule has 1 fully saturated rings. The fourth-order valence-corrected chi connectivity index (χ4v) is 2.98. The van der Waals surface area contributed by atoms with E-state index in [1.807, 2.05) is 11.8 Å². The average Bonchev–Trinajstić information content (AvgIpc) is 2.89. The van der Waals surface area contributed by atoms with Crippen LogP contribution in [0.2, 0.25) is 0 Å². The summed E-state index contributed by atoms with van der Waals surface area (Å²) < 4.78 is 5.28. The Hall–Kier alpha value is -1.53. The third-order valence-corrected chi connectivity index (χ3v) is 4.14. The van der Waals surface area contributed by atoms with Crippen molar-refractivity contribution in [3.63, 3.8) is 0 Å². The molecule has 0 saturated carbocycles. The smallest absolute Gasteiger partial charge is 0.228 e. The molecule has 1 unspecified atom stereocenters. The summed E-state index contributed by atoms with van der Waals surface area (Å²) in [5, 5.41) is 16.7. The first kappa shape index (κ1) is 12.5. The first-order chi connectivity index (χ1) is 9.31. The number of rotatable bonds is 3. The number of phenolic OH excluding ortho intramolecular Hbond substituents is 1. The molecule has 2 heterocycles. The molecular weight excluding hydrogens is 262 g/mol. The molecule has 3 rings (SSSR count). The van der Waals surface area contributed by atoms with Gasteiger partial charge >= 0.3 is 0 Å². The molecule has 100 valence electrons. The van der Waals surface area contributed by atoms with Crippen LogP contribution in [0.15, 0.2) is 28.8 Å². The highest BCUT2D eigenvalue weighted by Gasteiger charge is 2.17. The molecule has 1 aromatic heterocycles. The molecular formula is C13H15N3O2S. The number of nitrogens with zero attached hydrogens (tertiary/aromatic N) is 2. The lowest BCUT2D eigenvalue weighted by atomic mass is 10.2. The van der Waals surface area contributed by atoms with Gasteiger partial charge in [-0.1, -0.05) is 5.16 Å². The summed E-state index contributed by atoms with van der Waals surface area (Å²) in [7, 11) is 0. The van der Waals surface area contributed by atoms with Crippen molar-refractivity contribution in [3.8, 4) is 17.1 Å². The predicted octanol–water partition coefficient (Wildman–Crippen LogP) is 1.69. The summed E-state index contributed by atoms with van der Waals surface area (Å²) in [5.74, 6) is 3.70. The number of nitrogens with one attached hydrogen (secondary N) is 1. The molecule has 0 spiro atoms. The summed E-state index contributed by atoms with van der Waals surface area (Å²) >= 11 is 1.95.